The van der Waals surface area contributed by atoms with Crippen molar-refractivity contribution < 1.29 is 0 Å². The lowest BCUT2D eigenvalue weighted by atomic mass is 10.2. The molecule has 0 bridgehead atoms. The molecule has 0 fully saturated rings. The largest absolute Gasteiger partial charge is 0.256 e. The van der Waals surface area contributed by atoms with Crippen molar-refractivity contribution in [1.29, 1.82) is 0 Å². The molecule has 0 spiro atoms. The van der Waals surface area contributed by atoms with E-state index in [9.17, 15) is 0 Å². The predicted molar refractivity (Wildman–Crippen MR) is 70.8 cm³/mol. The van der Waals surface area contributed by atoms with Crippen molar-refractivity contribution in [2.24, 2.45) is 0 Å². The van der Waals surface area contributed by atoms with Crippen molar-refractivity contribution in [3.8, 4) is 0 Å². The van der Waals surface area contributed by atoms with Crippen molar-refractivity contribution in [3.63, 3.8) is 0 Å². The summed E-state index contributed by atoms with van der Waals surface area (Å²) in [6, 6.07) is 11.6. The lowest BCUT2D eigenvalue weighted by molar-refractivity contribution is 0.778. The Balaban J connectivity index is 2.02. The average Bonchev–Trinajstić information content (AvgIpc) is 2.34. The van der Waals surface area contributed by atoms with Gasteiger partial charge < -0.3 is 0 Å². The first-order chi connectivity index (χ1) is 7.90. The Morgan fingerprint density at radius 1 is 1.25 bits per heavy atom. The first-order valence-electron chi connectivity index (χ1n) is 5.80. The molecule has 2 heteroatoms. The van der Waals surface area contributed by atoms with Gasteiger partial charge in [-0.3, -0.25) is 4.98 Å². The van der Waals surface area contributed by atoms with Crippen LogP contribution in [0.3, 0.4) is 0 Å². The number of benzene rings is 1. The molecule has 83 valence electrons. The molecule has 1 radical (unpaired) electrons. The molecule has 1 nitrogen and oxygen atoms in total. The van der Waals surface area contributed by atoms with E-state index in [1.54, 1.807) is 0 Å². The molecule has 0 amide bonds. The number of nitrogens with zero attached hydrogens (tertiary/aromatic N) is 1. The normalized spacial score (nSPS) is 10.8. The van der Waals surface area contributed by atoms with Crippen molar-refractivity contribution in [2.45, 2.75) is 31.1 Å². The smallest absolute Gasteiger partial charge is 0.0709 e. The van der Waals surface area contributed by atoms with Crippen LogP contribution in [0.4, 0.5) is 0 Å². The Labute approximate surface area is 101 Å². The van der Waals surface area contributed by atoms with Gasteiger partial charge in [0.1, 0.15) is 0 Å². The van der Waals surface area contributed by atoms with E-state index in [0.29, 0.717) is 0 Å². The van der Waals surface area contributed by atoms with Gasteiger partial charge in [0.2, 0.25) is 0 Å². The number of hydrogen-bond acceptors (Lipinski definition) is 2. The number of fused-ring (bicyclic) bond motifs is 1. The van der Waals surface area contributed by atoms with Crippen LogP contribution in [0, 0.1) is 6.07 Å². The van der Waals surface area contributed by atoms with Gasteiger partial charge in [-0.15, -0.1) is 11.8 Å². The number of unbranched alkanes of at least 4 members (excludes halogenated alkanes) is 2. The van der Waals surface area contributed by atoms with E-state index in [0.717, 1.165) is 10.9 Å². The summed E-state index contributed by atoms with van der Waals surface area (Å²) in [5, 5.41) is 1.11. The highest BCUT2D eigenvalue weighted by atomic mass is 32.2. The van der Waals surface area contributed by atoms with Gasteiger partial charge in [0.15, 0.2) is 0 Å². The molecule has 0 saturated carbocycles. The summed E-state index contributed by atoms with van der Waals surface area (Å²) < 4.78 is 0. The fraction of sp³-hybridized carbons (Fsp3) is 0.357. The van der Waals surface area contributed by atoms with Crippen LogP contribution < -0.4 is 0 Å². The van der Waals surface area contributed by atoms with Gasteiger partial charge in [-0.2, -0.15) is 0 Å². The Kier molecular flexibility index (Phi) is 4.23. The number of hydrogen-bond donors (Lipinski definition) is 0. The van der Waals surface area contributed by atoms with Crippen LogP contribution in [-0.4, -0.2) is 10.7 Å². The molecule has 1 aromatic carbocycles. The minimum Gasteiger partial charge on any atom is -0.256 e. The quantitative estimate of drug-likeness (QED) is 0.560. The summed E-state index contributed by atoms with van der Waals surface area (Å²) >= 11 is 1.89. The van der Waals surface area contributed by atoms with Crippen LogP contribution >= 0.6 is 11.8 Å². The molecule has 0 saturated heterocycles. The van der Waals surface area contributed by atoms with Crippen LogP contribution in [-0.2, 0) is 0 Å². The summed E-state index contributed by atoms with van der Waals surface area (Å²) in [6.07, 6.45) is 5.72. The fourth-order valence-corrected chi connectivity index (χ4v) is 2.52. The Hall–Kier alpha value is -1.02. The third kappa shape index (κ3) is 2.99. The maximum Gasteiger partial charge on any atom is 0.0709 e. The molecule has 1 aromatic heterocycles. The maximum atomic E-state index is 4.29. The molecule has 0 aliphatic heterocycles. The summed E-state index contributed by atoms with van der Waals surface area (Å²) in [4.78, 5) is 5.52. The van der Waals surface area contributed by atoms with Gasteiger partial charge in [-0.25, -0.2) is 0 Å². The van der Waals surface area contributed by atoms with E-state index in [1.807, 2.05) is 24.0 Å². The molecular weight excluding hydrogens is 214 g/mol. The molecule has 2 rings (SSSR count). The van der Waals surface area contributed by atoms with Crippen LogP contribution in [0.25, 0.3) is 10.9 Å². The summed E-state index contributed by atoms with van der Waals surface area (Å²) in [5.41, 5.74) is 1.03. The summed E-state index contributed by atoms with van der Waals surface area (Å²) in [6.45, 7) is 2.23. The van der Waals surface area contributed by atoms with Gasteiger partial charge in [-0.1, -0.05) is 25.8 Å². The highest BCUT2D eigenvalue weighted by Crippen LogP contribution is 2.22. The van der Waals surface area contributed by atoms with Crippen LogP contribution in [0.2, 0.25) is 0 Å². The van der Waals surface area contributed by atoms with Crippen molar-refractivity contribution >= 4 is 22.7 Å². The Bertz CT molecular complexity index is 453. The third-order valence-electron chi connectivity index (χ3n) is 2.49. The number of rotatable bonds is 5. The lowest BCUT2D eigenvalue weighted by Gasteiger charge is -2.02. The van der Waals surface area contributed by atoms with E-state index in [1.165, 1.54) is 29.9 Å². The Morgan fingerprint density at radius 2 is 2.19 bits per heavy atom. The zero-order valence-electron chi connectivity index (χ0n) is 9.57. The van der Waals surface area contributed by atoms with Gasteiger partial charge in [-0.05, 0) is 30.4 Å². The molecule has 0 aliphatic carbocycles. The molecular formula is C14H16NS. The van der Waals surface area contributed by atoms with E-state index in [-0.39, 0.29) is 0 Å². The summed E-state index contributed by atoms with van der Waals surface area (Å²) in [7, 11) is 0. The molecule has 0 atom stereocenters. The summed E-state index contributed by atoms with van der Waals surface area (Å²) in [5.74, 6) is 1.19. The van der Waals surface area contributed by atoms with E-state index in [4.69, 9.17) is 0 Å². The van der Waals surface area contributed by atoms with Gasteiger partial charge in [0.05, 0.1) is 5.52 Å². The second-order valence-corrected chi connectivity index (χ2v) is 4.95. The standard InChI is InChI=1S/C14H16NS/c1-2-3-4-10-16-13-7-8-14-12(11-13)6-5-9-15-14/h5-9H,2-4,10H2,1H3. The van der Waals surface area contributed by atoms with E-state index < -0.39 is 0 Å². The number of thioether (sulfide) groups is 1. The van der Waals surface area contributed by atoms with Crippen LogP contribution in [0.5, 0.6) is 0 Å². The molecule has 0 unspecified atom stereocenters. The molecule has 16 heavy (non-hydrogen) atoms. The topological polar surface area (TPSA) is 12.9 Å². The zero-order chi connectivity index (χ0) is 11.2. The zero-order valence-corrected chi connectivity index (χ0v) is 10.4. The molecule has 0 N–H and O–H groups in total. The average molecular weight is 230 g/mol. The van der Waals surface area contributed by atoms with Crippen molar-refractivity contribution in [3.05, 3.63) is 36.5 Å². The van der Waals surface area contributed by atoms with Gasteiger partial charge in [0.25, 0.3) is 0 Å². The van der Waals surface area contributed by atoms with Crippen LogP contribution in [0.1, 0.15) is 26.2 Å². The number of aromatic nitrogens is 1. The maximum absolute atomic E-state index is 4.29. The fourth-order valence-electron chi connectivity index (χ4n) is 1.60. The predicted octanol–water partition coefficient (Wildman–Crippen LogP) is 4.32. The molecule has 1 heterocycles. The number of pyridine rings is 1. The highest BCUT2D eigenvalue weighted by Gasteiger charge is 1.98. The van der Waals surface area contributed by atoms with E-state index >= 15 is 0 Å². The first kappa shape index (κ1) is 11.5. The third-order valence-corrected chi connectivity index (χ3v) is 3.54. The van der Waals surface area contributed by atoms with E-state index in [2.05, 4.69) is 36.2 Å². The van der Waals surface area contributed by atoms with Gasteiger partial charge in [0, 0.05) is 22.5 Å². The molecule has 2 aromatic rings. The minimum absolute atomic E-state index is 1.03. The van der Waals surface area contributed by atoms with Crippen LogP contribution in [0.15, 0.2) is 35.4 Å². The lowest BCUT2D eigenvalue weighted by Crippen LogP contribution is -1.82. The van der Waals surface area contributed by atoms with Crippen molar-refractivity contribution in [1.82, 2.24) is 4.98 Å². The minimum atomic E-state index is 1.03. The Morgan fingerprint density at radius 3 is 3.06 bits per heavy atom. The second kappa shape index (κ2) is 5.90. The first-order valence-corrected chi connectivity index (χ1v) is 6.78. The molecule has 0 aliphatic rings. The second-order valence-electron chi connectivity index (χ2n) is 3.81. The van der Waals surface area contributed by atoms with Crippen molar-refractivity contribution in [2.75, 3.05) is 5.75 Å². The SMILES string of the molecule is CCCCCSc1[c]c2cccnc2cc1. The highest BCUT2D eigenvalue weighted by molar-refractivity contribution is 7.99. The monoisotopic (exact) mass is 230 g/mol. The van der Waals surface area contributed by atoms with Gasteiger partial charge >= 0.3 is 0 Å².